The van der Waals surface area contributed by atoms with Gasteiger partial charge < -0.3 is 15.0 Å². The Morgan fingerprint density at radius 1 is 1.04 bits per heavy atom. The van der Waals surface area contributed by atoms with Gasteiger partial charge in [-0.1, -0.05) is 37.0 Å². The van der Waals surface area contributed by atoms with Gasteiger partial charge in [-0.25, -0.2) is 0 Å². The van der Waals surface area contributed by atoms with E-state index < -0.39 is 0 Å². The van der Waals surface area contributed by atoms with Gasteiger partial charge in [0.2, 0.25) is 0 Å². The summed E-state index contributed by atoms with van der Waals surface area (Å²) in [5.74, 6) is 0.575. The van der Waals surface area contributed by atoms with Gasteiger partial charge >= 0.3 is 0 Å². The van der Waals surface area contributed by atoms with E-state index in [1.54, 1.807) is 0 Å². The molecule has 0 bridgehead atoms. The van der Waals surface area contributed by atoms with Crippen LogP contribution in [0.3, 0.4) is 0 Å². The van der Waals surface area contributed by atoms with Crippen molar-refractivity contribution in [2.45, 2.75) is 33.7 Å². The van der Waals surface area contributed by atoms with Crippen molar-refractivity contribution < 1.29 is 4.74 Å². The van der Waals surface area contributed by atoms with Crippen LogP contribution in [0.5, 0.6) is 5.75 Å². The van der Waals surface area contributed by atoms with Gasteiger partial charge in [0.15, 0.2) is 5.75 Å². The molecule has 136 valence electrons. The zero-order valence-electron chi connectivity index (χ0n) is 14.0. The highest BCUT2D eigenvalue weighted by molar-refractivity contribution is 6.37. The molecule has 0 atom stereocenters. The first-order valence-corrected chi connectivity index (χ1v) is 8.41. The maximum absolute atomic E-state index is 6.19. The Hall–Kier alpha value is 0.1000. The Bertz CT molecular complexity index is 406. The normalized spacial score (nSPS) is 10.2. The fourth-order valence-corrected chi connectivity index (χ4v) is 2.84. The third kappa shape index (κ3) is 9.23. The van der Waals surface area contributed by atoms with Crippen LogP contribution < -0.4 is 10.1 Å². The Labute approximate surface area is 162 Å². The summed E-state index contributed by atoms with van der Waals surface area (Å²) in [6, 6.07) is 3.83. The van der Waals surface area contributed by atoms with Gasteiger partial charge in [0.05, 0.1) is 16.7 Å². The molecule has 0 aromatic heterocycles. The third-order valence-electron chi connectivity index (χ3n) is 3.40. The second kappa shape index (κ2) is 14.4. The number of ether oxygens (including phenoxy) is 1. The number of hydrogen-bond donors (Lipinski definition) is 1. The molecule has 1 N–H and O–H groups in total. The predicted molar refractivity (Wildman–Crippen MR) is 106 cm³/mol. The quantitative estimate of drug-likeness (QED) is 0.550. The molecule has 0 unspecified atom stereocenters. The van der Waals surface area contributed by atoms with Gasteiger partial charge in [-0.3, -0.25) is 0 Å². The van der Waals surface area contributed by atoms with E-state index in [2.05, 4.69) is 24.1 Å². The molecule has 1 rings (SSSR count). The van der Waals surface area contributed by atoms with Crippen LogP contribution in [0.1, 0.15) is 32.8 Å². The van der Waals surface area contributed by atoms with Crippen molar-refractivity contribution in [2.24, 2.45) is 0 Å². The smallest absolute Gasteiger partial charge is 0.156 e. The number of halogens is 4. The minimum absolute atomic E-state index is 0. The number of hydrogen-bond acceptors (Lipinski definition) is 3. The fraction of sp³-hybridized carbons (Fsp3) is 0.625. The van der Waals surface area contributed by atoms with Gasteiger partial charge in [-0.2, -0.15) is 0 Å². The molecule has 0 amide bonds. The van der Waals surface area contributed by atoms with E-state index in [1.165, 1.54) is 0 Å². The standard InChI is InChI=1S/C16H26Cl2N2O.2ClH/c1-4-20(5-2)9-7-8-19-12-13-10-14(17)16(21-6-3)15(18)11-13;;/h10-11,19H,4-9,12H2,1-3H3;2*1H. The maximum atomic E-state index is 6.19. The topological polar surface area (TPSA) is 24.5 Å². The molecule has 0 heterocycles. The summed E-state index contributed by atoms with van der Waals surface area (Å²) in [4.78, 5) is 2.42. The second-order valence-corrected chi connectivity index (χ2v) is 5.69. The monoisotopic (exact) mass is 404 g/mol. The fourth-order valence-electron chi connectivity index (χ4n) is 2.20. The van der Waals surface area contributed by atoms with Gasteiger partial charge in [-0.15, -0.1) is 24.8 Å². The lowest BCUT2D eigenvalue weighted by atomic mass is 10.2. The summed E-state index contributed by atoms with van der Waals surface area (Å²) < 4.78 is 5.43. The van der Waals surface area contributed by atoms with Crippen molar-refractivity contribution in [1.29, 1.82) is 0 Å². The van der Waals surface area contributed by atoms with Gasteiger partial charge in [0.25, 0.3) is 0 Å². The van der Waals surface area contributed by atoms with Crippen LogP contribution in [0, 0.1) is 0 Å². The van der Waals surface area contributed by atoms with Gasteiger partial charge in [0, 0.05) is 6.54 Å². The van der Waals surface area contributed by atoms with Crippen LogP contribution in [0.4, 0.5) is 0 Å². The Morgan fingerprint density at radius 3 is 2.09 bits per heavy atom. The average Bonchev–Trinajstić information content (AvgIpc) is 2.47. The number of benzene rings is 1. The van der Waals surface area contributed by atoms with Crippen LogP contribution in [0.15, 0.2) is 12.1 Å². The van der Waals surface area contributed by atoms with Crippen LogP contribution >= 0.6 is 48.0 Å². The molecule has 1 aromatic rings. The number of nitrogens with one attached hydrogen (secondary N) is 1. The van der Waals surface area contributed by atoms with Gasteiger partial charge in [0.1, 0.15) is 0 Å². The van der Waals surface area contributed by atoms with Crippen LogP contribution in [-0.4, -0.2) is 37.7 Å². The van der Waals surface area contributed by atoms with Crippen molar-refractivity contribution in [2.75, 3.05) is 32.8 Å². The van der Waals surface area contributed by atoms with Gasteiger partial charge in [-0.05, 0) is 57.2 Å². The summed E-state index contributed by atoms with van der Waals surface area (Å²) in [7, 11) is 0. The first-order valence-electron chi connectivity index (χ1n) is 7.66. The minimum atomic E-state index is 0. The van der Waals surface area contributed by atoms with Crippen molar-refractivity contribution in [3.05, 3.63) is 27.7 Å². The lowest BCUT2D eigenvalue weighted by Crippen LogP contribution is -2.27. The largest absolute Gasteiger partial charge is 0.491 e. The molecule has 23 heavy (non-hydrogen) atoms. The summed E-state index contributed by atoms with van der Waals surface area (Å²) in [6.45, 7) is 12.0. The van der Waals surface area contributed by atoms with Crippen molar-refractivity contribution in [3.63, 3.8) is 0 Å². The highest BCUT2D eigenvalue weighted by atomic mass is 35.5. The maximum Gasteiger partial charge on any atom is 0.156 e. The predicted octanol–water partition coefficient (Wildman–Crippen LogP) is 5.06. The molecule has 0 aliphatic carbocycles. The van der Waals surface area contributed by atoms with E-state index >= 15 is 0 Å². The van der Waals surface area contributed by atoms with E-state index in [0.29, 0.717) is 22.4 Å². The Balaban J connectivity index is 0. The lowest BCUT2D eigenvalue weighted by Gasteiger charge is -2.17. The highest BCUT2D eigenvalue weighted by Gasteiger charge is 2.09. The number of nitrogens with zero attached hydrogens (tertiary/aromatic N) is 1. The van der Waals surface area contributed by atoms with Crippen LogP contribution in [0.2, 0.25) is 10.0 Å². The molecule has 0 spiro atoms. The van der Waals surface area contributed by atoms with E-state index in [1.807, 2.05) is 19.1 Å². The summed E-state index contributed by atoms with van der Waals surface area (Å²) in [5, 5.41) is 4.57. The summed E-state index contributed by atoms with van der Waals surface area (Å²) >= 11 is 12.4. The zero-order valence-corrected chi connectivity index (χ0v) is 17.2. The molecular weight excluding hydrogens is 378 g/mol. The molecular formula is C16H28Cl4N2O. The average molecular weight is 406 g/mol. The highest BCUT2D eigenvalue weighted by Crippen LogP contribution is 2.34. The van der Waals surface area contributed by atoms with E-state index in [0.717, 1.165) is 44.7 Å². The molecule has 0 fully saturated rings. The van der Waals surface area contributed by atoms with Crippen molar-refractivity contribution in [3.8, 4) is 5.75 Å². The number of rotatable bonds is 10. The molecule has 0 saturated carbocycles. The van der Waals surface area contributed by atoms with E-state index in [9.17, 15) is 0 Å². The van der Waals surface area contributed by atoms with Crippen molar-refractivity contribution in [1.82, 2.24) is 10.2 Å². The Morgan fingerprint density at radius 2 is 1.61 bits per heavy atom. The van der Waals surface area contributed by atoms with Crippen LogP contribution in [0.25, 0.3) is 0 Å². The minimum Gasteiger partial charge on any atom is -0.491 e. The van der Waals surface area contributed by atoms with E-state index in [4.69, 9.17) is 27.9 Å². The van der Waals surface area contributed by atoms with Crippen LogP contribution in [-0.2, 0) is 6.54 Å². The molecule has 3 nitrogen and oxygen atoms in total. The summed E-state index contributed by atoms with van der Waals surface area (Å²) in [5.41, 5.74) is 1.08. The first-order chi connectivity index (χ1) is 10.1. The van der Waals surface area contributed by atoms with E-state index in [-0.39, 0.29) is 24.8 Å². The molecule has 0 radical (unpaired) electrons. The lowest BCUT2D eigenvalue weighted by molar-refractivity contribution is 0.298. The second-order valence-electron chi connectivity index (χ2n) is 4.88. The zero-order chi connectivity index (χ0) is 15.7. The molecule has 0 aliphatic heterocycles. The third-order valence-corrected chi connectivity index (χ3v) is 3.96. The van der Waals surface area contributed by atoms with Crippen molar-refractivity contribution >= 4 is 48.0 Å². The molecule has 0 aliphatic rings. The summed E-state index contributed by atoms with van der Waals surface area (Å²) in [6.07, 6.45) is 1.14. The molecule has 7 heteroatoms. The Kier molecular flexibility index (Phi) is 15.9. The first kappa shape index (κ1) is 25.3. The molecule has 0 saturated heterocycles. The molecule has 1 aromatic carbocycles. The SMILES string of the molecule is CCOc1c(Cl)cc(CNCCCN(CC)CC)cc1Cl.Cl.Cl.